The molecule has 0 heterocycles. The van der Waals surface area contributed by atoms with Gasteiger partial charge in [0, 0.05) is 17.3 Å². The number of carbonyl (C=O) groups excluding carboxylic acids is 1. The standard InChI is InChI=1S/C22H27FN2O3S/c1-15-13-19(11-12-21(15)23)24-22(26)18-9-6-10-20(14-18)29(27,28)25-16(2)17-7-4-3-5-8-17/h6,9-14,16-17,25H,3-5,7-8H2,1-2H3,(H,24,26)/t16-/m1/s1. The van der Waals surface area contributed by atoms with E-state index >= 15 is 0 Å². The Hall–Kier alpha value is -2.25. The van der Waals surface area contributed by atoms with Crippen LogP contribution in [0.25, 0.3) is 0 Å². The summed E-state index contributed by atoms with van der Waals surface area (Å²) in [5.74, 6) is -0.464. The van der Waals surface area contributed by atoms with Gasteiger partial charge in [-0.2, -0.15) is 0 Å². The van der Waals surface area contributed by atoms with Gasteiger partial charge in [0.15, 0.2) is 0 Å². The molecule has 0 saturated heterocycles. The minimum absolute atomic E-state index is 0.0584. The van der Waals surface area contributed by atoms with Gasteiger partial charge in [-0.05, 0) is 74.6 Å². The number of amides is 1. The largest absolute Gasteiger partial charge is 0.322 e. The monoisotopic (exact) mass is 418 g/mol. The molecule has 1 aliphatic rings. The van der Waals surface area contributed by atoms with Gasteiger partial charge in [0.05, 0.1) is 4.90 Å². The lowest BCUT2D eigenvalue weighted by Crippen LogP contribution is -2.38. The van der Waals surface area contributed by atoms with Crippen LogP contribution < -0.4 is 10.0 Å². The molecule has 0 aromatic heterocycles. The smallest absolute Gasteiger partial charge is 0.255 e. The molecule has 0 unspecified atom stereocenters. The third-order valence-corrected chi connectivity index (χ3v) is 7.08. The summed E-state index contributed by atoms with van der Waals surface area (Å²) >= 11 is 0. The number of hydrogen-bond donors (Lipinski definition) is 2. The van der Waals surface area contributed by atoms with E-state index in [1.165, 1.54) is 36.8 Å². The molecule has 1 fully saturated rings. The lowest BCUT2D eigenvalue weighted by Gasteiger charge is -2.28. The van der Waals surface area contributed by atoms with Crippen LogP contribution >= 0.6 is 0 Å². The molecule has 156 valence electrons. The van der Waals surface area contributed by atoms with E-state index in [-0.39, 0.29) is 22.3 Å². The first-order valence-corrected chi connectivity index (χ1v) is 11.4. The Morgan fingerprint density at radius 2 is 1.83 bits per heavy atom. The van der Waals surface area contributed by atoms with Crippen molar-refractivity contribution in [3.63, 3.8) is 0 Å². The van der Waals surface area contributed by atoms with Gasteiger partial charge >= 0.3 is 0 Å². The van der Waals surface area contributed by atoms with Crippen molar-refractivity contribution in [1.82, 2.24) is 4.72 Å². The van der Waals surface area contributed by atoms with Gasteiger partial charge < -0.3 is 5.32 Å². The molecule has 0 bridgehead atoms. The molecular weight excluding hydrogens is 391 g/mol. The summed E-state index contributed by atoms with van der Waals surface area (Å²) in [5, 5.41) is 2.68. The third-order valence-electron chi connectivity index (χ3n) is 5.52. The number of benzene rings is 2. The second-order valence-electron chi connectivity index (χ2n) is 7.75. The predicted molar refractivity (Wildman–Crippen MR) is 112 cm³/mol. The van der Waals surface area contributed by atoms with Crippen LogP contribution in [-0.4, -0.2) is 20.4 Å². The van der Waals surface area contributed by atoms with Crippen LogP contribution in [0.1, 0.15) is 54.9 Å². The molecular formula is C22H27FN2O3S. The van der Waals surface area contributed by atoms with Gasteiger partial charge in [-0.1, -0.05) is 25.3 Å². The number of carbonyl (C=O) groups is 1. The first-order valence-electron chi connectivity index (χ1n) is 9.96. The molecule has 1 saturated carbocycles. The van der Waals surface area contributed by atoms with Crippen LogP contribution in [0.2, 0.25) is 0 Å². The molecule has 2 N–H and O–H groups in total. The molecule has 2 aromatic rings. The van der Waals surface area contributed by atoms with E-state index in [4.69, 9.17) is 0 Å². The molecule has 1 aliphatic carbocycles. The SMILES string of the molecule is Cc1cc(NC(=O)c2cccc(S(=O)(=O)N[C@H](C)C3CCCCC3)c2)ccc1F. The average Bonchev–Trinajstić information content (AvgIpc) is 2.71. The summed E-state index contributed by atoms with van der Waals surface area (Å²) in [5.41, 5.74) is 1.09. The molecule has 3 rings (SSSR count). The fourth-order valence-electron chi connectivity index (χ4n) is 3.77. The van der Waals surface area contributed by atoms with Crippen LogP contribution in [0, 0.1) is 18.7 Å². The van der Waals surface area contributed by atoms with E-state index in [1.54, 1.807) is 19.1 Å². The van der Waals surface area contributed by atoms with Crippen LogP contribution in [0.15, 0.2) is 47.4 Å². The van der Waals surface area contributed by atoms with Gasteiger partial charge in [0.1, 0.15) is 5.82 Å². The highest BCUT2D eigenvalue weighted by Crippen LogP contribution is 2.27. The number of nitrogens with one attached hydrogen (secondary N) is 2. The lowest BCUT2D eigenvalue weighted by molar-refractivity contribution is 0.102. The molecule has 0 spiro atoms. The van der Waals surface area contributed by atoms with E-state index in [0.717, 1.165) is 25.7 Å². The van der Waals surface area contributed by atoms with Crippen molar-refractivity contribution in [3.8, 4) is 0 Å². The first-order chi connectivity index (χ1) is 13.8. The zero-order chi connectivity index (χ0) is 21.0. The maximum atomic E-state index is 13.4. The van der Waals surface area contributed by atoms with Gasteiger partial charge in [-0.15, -0.1) is 0 Å². The Morgan fingerprint density at radius 1 is 1.10 bits per heavy atom. The van der Waals surface area contributed by atoms with Crippen LogP contribution in [0.4, 0.5) is 10.1 Å². The second-order valence-corrected chi connectivity index (χ2v) is 9.47. The summed E-state index contributed by atoms with van der Waals surface area (Å²) in [6, 6.07) is 10.1. The first kappa shape index (κ1) is 21.5. The van der Waals surface area contributed by atoms with E-state index in [9.17, 15) is 17.6 Å². The third kappa shape index (κ3) is 5.42. The van der Waals surface area contributed by atoms with Crippen molar-refractivity contribution < 1.29 is 17.6 Å². The summed E-state index contributed by atoms with van der Waals surface area (Å²) in [6.45, 7) is 3.51. The van der Waals surface area contributed by atoms with Gasteiger partial charge in [-0.3, -0.25) is 4.79 Å². The Kier molecular flexibility index (Phi) is 6.70. The van der Waals surface area contributed by atoms with Crippen molar-refractivity contribution in [1.29, 1.82) is 0 Å². The van der Waals surface area contributed by atoms with E-state index in [0.29, 0.717) is 17.2 Å². The number of rotatable bonds is 6. The molecule has 5 nitrogen and oxygen atoms in total. The number of sulfonamides is 1. The molecule has 1 atom stereocenters. The van der Waals surface area contributed by atoms with Crippen LogP contribution in [0.3, 0.4) is 0 Å². The Bertz CT molecular complexity index is 985. The highest BCUT2D eigenvalue weighted by molar-refractivity contribution is 7.89. The highest BCUT2D eigenvalue weighted by atomic mass is 32.2. The summed E-state index contributed by atoms with van der Waals surface area (Å²) in [6.07, 6.45) is 5.54. The van der Waals surface area contributed by atoms with Crippen molar-refractivity contribution >= 4 is 21.6 Å². The van der Waals surface area contributed by atoms with Gasteiger partial charge in [0.25, 0.3) is 5.91 Å². The Balaban J connectivity index is 1.73. The van der Waals surface area contributed by atoms with E-state index < -0.39 is 15.9 Å². The van der Waals surface area contributed by atoms with Crippen LogP contribution in [-0.2, 0) is 10.0 Å². The highest BCUT2D eigenvalue weighted by Gasteiger charge is 2.25. The fourth-order valence-corrected chi connectivity index (χ4v) is 5.13. The average molecular weight is 419 g/mol. The molecule has 29 heavy (non-hydrogen) atoms. The van der Waals surface area contributed by atoms with Gasteiger partial charge in [0.2, 0.25) is 10.0 Å². The minimum atomic E-state index is -3.73. The van der Waals surface area contributed by atoms with E-state index in [2.05, 4.69) is 10.0 Å². The van der Waals surface area contributed by atoms with E-state index in [1.807, 2.05) is 6.92 Å². The normalized spacial score (nSPS) is 16.4. The lowest BCUT2D eigenvalue weighted by atomic mass is 9.85. The number of anilines is 1. The quantitative estimate of drug-likeness (QED) is 0.718. The molecule has 0 radical (unpaired) electrons. The zero-order valence-corrected chi connectivity index (χ0v) is 17.6. The fraction of sp³-hybridized carbons (Fsp3) is 0.409. The number of halogens is 1. The van der Waals surface area contributed by atoms with Crippen molar-refractivity contribution in [2.24, 2.45) is 5.92 Å². The van der Waals surface area contributed by atoms with Crippen molar-refractivity contribution in [2.75, 3.05) is 5.32 Å². The molecule has 2 aromatic carbocycles. The summed E-state index contributed by atoms with van der Waals surface area (Å²) < 4.78 is 41.8. The van der Waals surface area contributed by atoms with Crippen molar-refractivity contribution in [3.05, 3.63) is 59.4 Å². The number of hydrogen-bond acceptors (Lipinski definition) is 3. The second kappa shape index (κ2) is 9.05. The Labute approximate surface area is 171 Å². The topological polar surface area (TPSA) is 75.3 Å². The summed E-state index contributed by atoms with van der Waals surface area (Å²) in [7, 11) is -3.73. The maximum Gasteiger partial charge on any atom is 0.255 e. The minimum Gasteiger partial charge on any atom is -0.322 e. The van der Waals surface area contributed by atoms with Crippen molar-refractivity contribution in [2.45, 2.75) is 56.9 Å². The van der Waals surface area contributed by atoms with Gasteiger partial charge in [-0.25, -0.2) is 17.5 Å². The molecule has 1 amide bonds. The molecule has 0 aliphatic heterocycles. The van der Waals surface area contributed by atoms with Crippen LogP contribution in [0.5, 0.6) is 0 Å². The number of aryl methyl sites for hydroxylation is 1. The maximum absolute atomic E-state index is 13.4. The molecule has 7 heteroatoms. The summed E-state index contributed by atoms with van der Waals surface area (Å²) in [4.78, 5) is 12.6. The predicted octanol–water partition coefficient (Wildman–Crippen LogP) is 4.63. The zero-order valence-electron chi connectivity index (χ0n) is 16.7. The Morgan fingerprint density at radius 3 is 2.52 bits per heavy atom.